The van der Waals surface area contributed by atoms with Gasteiger partial charge in [-0.3, -0.25) is 15.6 Å². The molecule has 0 aliphatic heterocycles. The lowest BCUT2D eigenvalue weighted by Crippen LogP contribution is -2.43. The van der Waals surface area contributed by atoms with Crippen molar-refractivity contribution in [3.05, 3.63) is 52.5 Å². The van der Waals surface area contributed by atoms with Crippen LogP contribution >= 0.6 is 23.8 Å². The van der Waals surface area contributed by atoms with Gasteiger partial charge in [0.1, 0.15) is 11.5 Å². The van der Waals surface area contributed by atoms with Crippen molar-refractivity contribution in [3.8, 4) is 11.5 Å². The molecule has 0 aliphatic carbocycles. The highest BCUT2D eigenvalue weighted by Crippen LogP contribution is 2.22. The fourth-order valence-electron chi connectivity index (χ4n) is 1.96. The lowest BCUT2D eigenvalue weighted by atomic mass is 10.2. The molecule has 0 aliphatic rings. The summed E-state index contributed by atoms with van der Waals surface area (Å²) in [4.78, 5) is 12.2. The molecule has 132 valence electrons. The van der Waals surface area contributed by atoms with Gasteiger partial charge in [0.2, 0.25) is 0 Å². The minimum absolute atomic E-state index is 0.225. The first kappa shape index (κ1) is 18.8. The molecule has 6 nitrogen and oxygen atoms in total. The predicted molar refractivity (Wildman–Crippen MR) is 103 cm³/mol. The number of carbonyl (C=O) groups is 1. The minimum atomic E-state index is -0.386. The number of thiocarbonyl (C=S) groups is 1. The third-order valence-corrected chi connectivity index (χ3v) is 3.94. The van der Waals surface area contributed by atoms with Crippen LogP contribution in [0.1, 0.15) is 15.9 Å². The number of carbonyl (C=O) groups excluding carboxylic acids is 1. The summed E-state index contributed by atoms with van der Waals surface area (Å²) in [5.74, 6) is 0.641. The second kappa shape index (κ2) is 8.55. The Morgan fingerprint density at radius 1 is 1.04 bits per heavy atom. The highest BCUT2D eigenvalue weighted by atomic mass is 35.5. The van der Waals surface area contributed by atoms with Gasteiger partial charge in [0.25, 0.3) is 5.91 Å². The number of methoxy groups -OCH3 is 2. The number of halogens is 1. The van der Waals surface area contributed by atoms with Gasteiger partial charge in [-0.1, -0.05) is 17.7 Å². The van der Waals surface area contributed by atoms with Crippen molar-refractivity contribution in [2.45, 2.75) is 6.92 Å². The number of rotatable bonds is 4. The standard InChI is InChI=1S/C17H18ClN3O3S/c1-10-4-5-12(8-15(10)18)19-17(25)21-20-16(22)11-6-13(23-2)9-14(7-11)24-3/h4-9H,1-3H3,(H,20,22)(H2,19,21,25). The van der Waals surface area contributed by atoms with Gasteiger partial charge in [-0.25, -0.2) is 0 Å². The van der Waals surface area contributed by atoms with Crippen molar-refractivity contribution in [3.63, 3.8) is 0 Å². The first-order valence-electron chi connectivity index (χ1n) is 7.29. The summed E-state index contributed by atoms with van der Waals surface area (Å²) in [5.41, 5.74) is 7.19. The van der Waals surface area contributed by atoms with Crippen LogP contribution in [0.3, 0.4) is 0 Å². The molecule has 0 saturated heterocycles. The van der Waals surface area contributed by atoms with E-state index >= 15 is 0 Å². The summed E-state index contributed by atoms with van der Waals surface area (Å²) in [6, 6.07) is 10.3. The molecule has 0 atom stereocenters. The zero-order valence-corrected chi connectivity index (χ0v) is 15.5. The quantitative estimate of drug-likeness (QED) is 0.559. The van der Waals surface area contributed by atoms with Gasteiger partial charge in [0.05, 0.1) is 14.2 Å². The number of benzene rings is 2. The van der Waals surface area contributed by atoms with E-state index in [2.05, 4.69) is 16.2 Å². The van der Waals surface area contributed by atoms with Crippen LogP contribution in [0.15, 0.2) is 36.4 Å². The highest BCUT2D eigenvalue weighted by molar-refractivity contribution is 7.80. The number of anilines is 1. The average Bonchev–Trinajstić information content (AvgIpc) is 2.62. The Kier molecular flexibility index (Phi) is 6.44. The van der Waals surface area contributed by atoms with Gasteiger partial charge in [-0.15, -0.1) is 0 Å². The fraction of sp³-hybridized carbons (Fsp3) is 0.176. The summed E-state index contributed by atoms with van der Waals surface area (Å²) in [6.45, 7) is 1.91. The topological polar surface area (TPSA) is 71.6 Å². The monoisotopic (exact) mass is 379 g/mol. The van der Waals surface area contributed by atoms with E-state index in [0.29, 0.717) is 27.8 Å². The van der Waals surface area contributed by atoms with E-state index < -0.39 is 0 Å². The van der Waals surface area contributed by atoms with Crippen molar-refractivity contribution in [1.29, 1.82) is 0 Å². The van der Waals surface area contributed by atoms with E-state index in [1.165, 1.54) is 14.2 Å². The lowest BCUT2D eigenvalue weighted by molar-refractivity contribution is 0.0943. The SMILES string of the molecule is COc1cc(OC)cc(C(=O)NNC(=S)Nc2ccc(C)c(Cl)c2)c1. The van der Waals surface area contributed by atoms with Gasteiger partial charge in [0, 0.05) is 22.3 Å². The molecule has 0 aromatic heterocycles. The normalized spacial score (nSPS) is 9.92. The first-order chi connectivity index (χ1) is 11.9. The van der Waals surface area contributed by atoms with E-state index in [-0.39, 0.29) is 11.0 Å². The zero-order valence-electron chi connectivity index (χ0n) is 14.0. The summed E-state index contributed by atoms with van der Waals surface area (Å²) in [6.07, 6.45) is 0. The van der Waals surface area contributed by atoms with Crippen molar-refractivity contribution in [1.82, 2.24) is 10.9 Å². The van der Waals surface area contributed by atoms with Crippen LogP contribution < -0.4 is 25.6 Å². The molecule has 2 aromatic carbocycles. The second-order valence-corrected chi connectivity index (χ2v) is 5.91. The second-order valence-electron chi connectivity index (χ2n) is 5.10. The number of nitrogens with one attached hydrogen (secondary N) is 3. The highest BCUT2D eigenvalue weighted by Gasteiger charge is 2.10. The molecule has 0 radical (unpaired) electrons. The number of hydrogen-bond acceptors (Lipinski definition) is 4. The molecule has 2 rings (SSSR count). The van der Waals surface area contributed by atoms with Crippen LogP contribution in [0.5, 0.6) is 11.5 Å². The molecule has 3 N–H and O–H groups in total. The third-order valence-electron chi connectivity index (χ3n) is 3.33. The smallest absolute Gasteiger partial charge is 0.269 e. The van der Waals surface area contributed by atoms with Gasteiger partial charge in [0.15, 0.2) is 5.11 Å². The Hall–Kier alpha value is -2.51. The molecule has 0 bridgehead atoms. The van der Waals surface area contributed by atoms with Crippen LogP contribution in [0.25, 0.3) is 0 Å². The molecule has 8 heteroatoms. The predicted octanol–water partition coefficient (Wildman–Crippen LogP) is 3.30. The van der Waals surface area contributed by atoms with Gasteiger partial charge in [-0.05, 0) is 49.0 Å². The molecule has 0 unspecified atom stereocenters. The molecule has 0 saturated carbocycles. The number of ether oxygens (including phenoxy) is 2. The van der Waals surface area contributed by atoms with Crippen molar-refractivity contribution in [2.75, 3.05) is 19.5 Å². The van der Waals surface area contributed by atoms with Crippen LogP contribution in [0.2, 0.25) is 5.02 Å². The van der Waals surface area contributed by atoms with Gasteiger partial charge >= 0.3 is 0 Å². The number of hydrazine groups is 1. The summed E-state index contributed by atoms with van der Waals surface area (Å²) >= 11 is 11.2. The van der Waals surface area contributed by atoms with E-state index in [4.69, 9.17) is 33.3 Å². The summed E-state index contributed by atoms with van der Waals surface area (Å²) in [5, 5.41) is 3.78. The van der Waals surface area contributed by atoms with Crippen LogP contribution in [0, 0.1) is 6.92 Å². The van der Waals surface area contributed by atoms with Crippen LogP contribution in [-0.2, 0) is 0 Å². The fourth-order valence-corrected chi connectivity index (χ4v) is 2.31. The Morgan fingerprint density at radius 3 is 2.24 bits per heavy atom. The van der Waals surface area contributed by atoms with Crippen molar-refractivity contribution in [2.24, 2.45) is 0 Å². The molecular weight excluding hydrogens is 362 g/mol. The lowest BCUT2D eigenvalue weighted by Gasteiger charge is -2.13. The summed E-state index contributed by atoms with van der Waals surface area (Å²) in [7, 11) is 3.03. The Balaban J connectivity index is 1.97. The maximum atomic E-state index is 12.2. The van der Waals surface area contributed by atoms with E-state index in [1.54, 1.807) is 24.3 Å². The van der Waals surface area contributed by atoms with Crippen molar-refractivity contribution < 1.29 is 14.3 Å². The average molecular weight is 380 g/mol. The maximum absolute atomic E-state index is 12.2. The molecular formula is C17H18ClN3O3S. The molecule has 0 heterocycles. The van der Waals surface area contributed by atoms with Crippen LogP contribution in [-0.4, -0.2) is 25.2 Å². The molecule has 1 amide bonds. The van der Waals surface area contributed by atoms with E-state index in [9.17, 15) is 4.79 Å². The third kappa shape index (κ3) is 5.23. The number of aryl methyl sites for hydroxylation is 1. The molecule has 0 fully saturated rings. The number of amides is 1. The summed E-state index contributed by atoms with van der Waals surface area (Å²) < 4.78 is 10.3. The van der Waals surface area contributed by atoms with E-state index in [1.807, 2.05) is 19.1 Å². The van der Waals surface area contributed by atoms with E-state index in [0.717, 1.165) is 5.56 Å². The maximum Gasteiger partial charge on any atom is 0.269 e. The Bertz CT molecular complexity index is 776. The molecule has 2 aromatic rings. The van der Waals surface area contributed by atoms with Gasteiger partial charge < -0.3 is 14.8 Å². The zero-order chi connectivity index (χ0) is 18.4. The largest absolute Gasteiger partial charge is 0.497 e. The van der Waals surface area contributed by atoms with Gasteiger partial charge in [-0.2, -0.15) is 0 Å². The van der Waals surface area contributed by atoms with Crippen molar-refractivity contribution >= 4 is 40.5 Å². The first-order valence-corrected chi connectivity index (χ1v) is 8.08. The molecule has 0 spiro atoms. The van der Waals surface area contributed by atoms with Crippen LogP contribution in [0.4, 0.5) is 5.69 Å². The Morgan fingerprint density at radius 2 is 1.68 bits per heavy atom. The number of hydrogen-bond donors (Lipinski definition) is 3. The minimum Gasteiger partial charge on any atom is -0.497 e. The Labute approximate surface area is 156 Å². The molecule has 25 heavy (non-hydrogen) atoms.